The number of pyridine rings is 1. The van der Waals surface area contributed by atoms with E-state index in [4.69, 9.17) is 9.47 Å². The Morgan fingerprint density at radius 2 is 1.93 bits per heavy atom. The van der Waals surface area contributed by atoms with Crippen molar-refractivity contribution in [2.24, 2.45) is 11.3 Å². The van der Waals surface area contributed by atoms with Gasteiger partial charge in [0.05, 0.1) is 19.0 Å². The second-order valence-corrected chi connectivity index (χ2v) is 7.00. The van der Waals surface area contributed by atoms with Gasteiger partial charge in [0.25, 0.3) is 0 Å². The summed E-state index contributed by atoms with van der Waals surface area (Å²) in [4.78, 5) is 16.8. The highest BCUT2D eigenvalue weighted by atomic mass is 35.5. The number of benzene rings is 1. The molecule has 1 atom stereocenters. The van der Waals surface area contributed by atoms with Gasteiger partial charge >= 0.3 is 0 Å². The molecule has 6 nitrogen and oxygen atoms in total. The van der Waals surface area contributed by atoms with Gasteiger partial charge in [-0.3, -0.25) is 4.79 Å². The molecule has 27 heavy (non-hydrogen) atoms. The third-order valence-corrected chi connectivity index (χ3v) is 5.39. The molecule has 1 aromatic heterocycles. The molecule has 4 rings (SSSR count). The summed E-state index contributed by atoms with van der Waals surface area (Å²) in [6.45, 7) is 2.03. The molecular weight excluding hydrogens is 366 g/mol. The minimum atomic E-state index is 0. The van der Waals surface area contributed by atoms with E-state index in [2.05, 4.69) is 15.6 Å². The van der Waals surface area contributed by atoms with Gasteiger partial charge in [-0.25, -0.2) is 4.98 Å². The van der Waals surface area contributed by atoms with Crippen LogP contribution < -0.4 is 20.1 Å². The fourth-order valence-corrected chi connectivity index (χ4v) is 3.76. The number of hydrogen-bond donors (Lipinski definition) is 2. The highest BCUT2D eigenvalue weighted by molar-refractivity contribution is 5.95. The fraction of sp³-hybridized carbons (Fsp3) is 0.400. The molecular formula is C20H24ClN3O3. The van der Waals surface area contributed by atoms with E-state index in [0.717, 1.165) is 32.4 Å². The van der Waals surface area contributed by atoms with Gasteiger partial charge in [-0.2, -0.15) is 0 Å². The zero-order valence-corrected chi connectivity index (χ0v) is 16.1. The molecule has 2 heterocycles. The zero-order valence-electron chi connectivity index (χ0n) is 15.2. The van der Waals surface area contributed by atoms with Crippen LogP contribution in [0.4, 0.5) is 5.69 Å². The Balaban J connectivity index is 0.00000210. The lowest BCUT2D eigenvalue weighted by Gasteiger charge is -2.23. The number of amides is 1. The first-order valence-corrected chi connectivity index (χ1v) is 8.99. The van der Waals surface area contributed by atoms with E-state index < -0.39 is 0 Å². The lowest BCUT2D eigenvalue weighted by atomic mass is 9.92. The third kappa shape index (κ3) is 4.17. The Morgan fingerprint density at radius 3 is 2.59 bits per heavy atom. The molecule has 1 saturated carbocycles. The summed E-state index contributed by atoms with van der Waals surface area (Å²) in [5, 5.41) is 6.35. The molecule has 0 bridgehead atoms. The molecule has 1 unspecified atom stereocenters. The van der Waals surface area contributed by atoms with Gasteiger partial charge in [0, 0.05) is 12.0 Å². The van der Waals surface area contributed by atoms with Gasteiger partial charge in [-0.1, -0.05) is 12.1 Å². The van der Waals surface area contributed by atoms with E-state index in [0.29, 0.717) is 23.1 Å². The summed E-state index contributed by atoms with van der Waals surface area (Å²) in [5.74, 6) is 1.94. The Bertz CT molecular complexity index is 791. The van der Waals surface area contributed by atoms with Crippen LogP contribution in [0, 0.1) is 11.3 Å². The van der Waals surface area contributed by atoms with Gasteiger partial charge in [0.15, 0.2) is 11.5 Å². The summed E-state index contributed by atoms with van der Waals surface area (Å²) >= 11 is 0. The van der Waals surface area contributed by atoms with Crippen molar-refractivity contribution in [1.82, 2.24) is 10.3 Å². The van der Waals surface area contributed by atoms with Crippen LogP contribution in [0.3, 0.4) is 0 Å². The van der Waals surface area contributed by atoms with Crippen LogP contribution in [0.5, 0.6) is 17.4 Å². The molecule has 2 aromatic rings. The summed E-state index contributed by atoms with van der Waals surface area (Å²) in [6.07, 6.45) is 4.81. The SMILES string of the molecule is COc1ccccc1Oc1ccc(NC(=O)C2CC23CCNCC3)cn1.Cl. The van der Waals surface area contributed by atoms with Crippen LogP contribution in [-0.2, 0) is 4.79 Å². The predicted octanol–water partition coefficient (Wildman–Crippen LogP) is 3.63. The molecule has 144 valence electrons. The number of halogens is 1. The molecule has 1 aromatic carbocycles. The number of carbonyl (C=O) groups is 1. The number of hydrogen-bond acceptors (Lipinski definition) is 5. The Hall–Kier alpha value is -2.31. The average Bonchev–Trinajstić information content (AvgIpc) is 3.37. The molecule has 2 N–H and O–H groups in total. The first-order chi connectivity index (χ1) is 12.7. The van der Waals surface area contributed by atoms with Gasteiger partial charge in [-0.05, 0) is 56.0 Å². The Labute approximate surface area is 165 Å². The van der Waals surface area contributed by atoms with E-state index in [9.17, 15) is 4.79 Å². The van der Waals surface area contributed by atoms with Crippen LogP contribution in [0.15, 0.2) is 42.6 Å². The van der Waals surface area contributed by atoms with E-state index in [1.807, 2.05) is 30.3 Å². The quantitative estimate of drug-likeness (QED) is 0.816. The number of piperidine rings is 1. The van der Waals surface area contributed by atoms with Crippen LogP contribution in [0.1, 0.15) is 19.3 Å². The van der Waals surface area contributed by atoms with E-state index in [-0.39, 0.29) is 29.6 Å². The lowest BCUT2D eigenvalue weighted by molar-refractivity contribution is -0.118. The van der Waals surface area contributed by atoms with Gasteiger partial charge in [-0.15, -0.1) is 12.4 Å². The largest absolute Gasteiger partial charge is 0.493 e. The molecule has 0 radical (unpaired) electrons. The molecule has 7 heteroatoms. The Morgan fingerprint density at radius 1 is 1.19 bits per heavy atom. The Kier molecular flexibility index (Phi) is 5.87. The number of aromatic nitrogens is 1. The summed E-state index contributed by atoms with van der Waals surface area (Å²) < 4.78 is 11.0. The monoisotopic (exact) mass is 389 g/mol. The smallest absolute Gasteiger partial charge is 0.228 e. The molecule has 1 saturated heterocycles. The number of ether oxygens (including phenoxy) is 2. The van der Waals surface area contributed by atoms with Crippen molar-refractivity contribution in [3.8, 4) is 17.4 Å². The van der Waals surface area contributed by atoms with Crippen molar-refractivity contribution in [2.75, 3.05) is 25.5 Å². The number of carbonyl (C=O) groups excluding carboxylic acids is 1. The van der Waals surface area contributed by atoms with Crippen LogP contribution in [0.2, 0.25) is 0 Å². The van der Waals surface area contributed by atoms with Crippen molar-refractivity contribution < 1.29 is 14.3 Å². The second kappa shape index (κ2) is 8.15. The predicted molar refractivity (Wildman–Crippen MR) is 106 cm³/mol. The molecule has 1 aliphatic carbocycles. The molecule has 2 fully saturated rings. The van der Waals surface area contributed by atoms with E-state index in [1.54, 1.807) is 19.4 Å². The van der Waals surface area contributed by atoms with E-state index >= 15 is 0 Å². The number of nitrogens with zero attached hydrogens (tertiary/aromatic N) is 1. The number of nitrogens with one attached hydrogen (secondary N) is 2. The maximum Gasteiger partial charge on any atom is 0.228 e. The molecule has 1 aliphatic heterocycles. The fourth-order valence-electron chi connectivity index (χ4n) is 3.76. The first kappa shape index (κ1) is 19.5. The maximum absolute atomic E-state index is 12.5. The van der Waals surface area contributed by atoms with Gasteiger partial charge in [0.1, 0.15) is 0 Å². The number of anilines is 1. The van der Waals surface area contributed by atoms with E-state index in [1.165, 1.54) is 0 Å². The molecule has 2 aliphatic rings. The van der Waals surface area contributed by atoms with Crippen molar-refractivity contribution >= 4 is 24.0 Å². The van der Waals surface area contributed by atoms with Crippen molar-refractivity contribution in [3.63, 3.8) is 0 Å². The van der Waals surface area contributed by atoms with Crippen LogP contribution >= 0.6 is 12.4 Å². The topological polar surface area (TPSA) is 72.5 Å². The number of para-hydroxylation sites is 2. The number of rotatable bonds is 5. The highest BCUT2D eigenvalue weighted by Crippen LogP contribution is 2.58. The minimum Gasteiger partial charge on any atom is -0.493 e. The summed E-state index contributed by atoms with van der Waals surface area (Å²) in [5.41, 5.74) is 0.925. The lowest BCUT2D eigenvalue weighted by Crippen LogP contribution is -2.31. The van der Waals surface area contributed by atoms with Crippen LogP contribution in [-0.4, -0.2) is 31.1 Å². The minimum absolute atomic E-state index is 0. The molecule has 1 spiro atoms. The second-order valence-electron chi connectivity index (χ2n) is 7.00. The average molecular weight is 390 g/mol. The summed E-state index contributed by atoms with van der Waals surface area (Å²) in [6, 6.07) is 11.0. The van der Waals surface area contributed by atoms with Gasteiger partial charge < -0.3 is 20.1 Å². The third-order valence-electron chi connectivity index (χ3n) is 5.39. The van der Waals surface area contributed by atoms with Gasteiger partial charge in [0.2, 0.25) is 11.8 Å². The maximum atomic E-state index is 12.5. The molecule has 1 amide bonds. The normalized spacial score (nSPS) is 19.7. The van der Waals surface area contributed by atoms with Crippen molar-refractivity contribution in [2.45, 2.75) is 19.3 Å². The van der Waals surface area contributed by atoms with Crippen molar-refractivity contribution in [1.29, 1.82) is 0 Å². The highest BCUT2D eigenvalue weighted by Gasteiger charge is 2.57. The zero-order chi connectivity index (χ0) is 18.0. The van der Waals surface area contributed by atoms with Crippen molar-refractivity contribution in [3.05, 3.63) is 42.6 Å². The standard InChI is InChI=1S/C20H23N3O3.ClH/c1-25-16-4-2-3-5-17(16)26-18-7-6-14(13-22-18)23-19(24)15-12-20(15)8-10-21-11-9-20;/h2-7,13,15,21H,8-12H2,1H3,(H,23,24);1H. The first-order valence-electron chi connectivity index (χ1n) is 8.99. The summed E-state index contributed by atoms with van der Waals surface area (Å²) in [7, 11) is 1.60. The van der Waals surface area contributed by atoms with Crippen LogP contribution in [0.25, 0.3) is 0 Å². The number of methoxy groups -OCH3 is 1.